The van der Waals surface area contributed by atoms with Crippen LogP contribution in [0.1, 0.15) is 11.1 Å². The molecule has 1 fully saturated rings. The molecule has 124 valence electrons. The Hall–Kier alpha value is -2.04. The van der Waals surface area contributed by atoms with Gasteiger partial charge in [-0.3, -0.25) is 9.69 Å². The first-order chi connectivity index (χ1) is 11.8. The molecule has 2 aromatic rings. The number of nitrogens with one attached hydrogen (secondary N) is 1. The number of hydrogen-bond donors (Lipinski definition) is 1. The van der Waals surface area contributed by atoms with Gasteiger partial charge in [-0.05, 0) is 29.3 Å². The summed E-state index contributed by atoms with van der Waals surface area (Å²) in [6.07, 6.45) is 3.38. The number of thioether (sulfide) groups is 1. The van der Waals surface area contributed by atoms with E-state index in [9.17, 15) is 4.79 Å². The van der Waals surface area contributed by atoms with Gasteiger partial charge in [0.15, 0.2) is 0 Å². The van der Waals surface area contributed by atoms with E-state index in [1.54, 1.807) is 6.08 Å². The molecular weight excluding hydrogens is 316 g/mol. The van der Waals surface area contributed by atoms with Crippen molar-refractivity contribution in [3.63, 3.8) is 0 Å². The fourth-order valence-corrected chi connectivity index (χ4v) is 3.61. The number of carbonyl (C=O) groups excluding carboxylic acids is 1. The van der Waals surface area contributed by atoms with Crippen LogP contribution in [0.2, 0.25) is 0 Å². The lowest BCUT2D eigenvalue weighted by Crippen LogP contribution is -2.31. The van der Waals surface area contributed by atoms with Crippen LogP contribution in [0.15, 0.2) is 60.7 Å². The molecule has 1 aliphatic rings. The minimum Gasteiger partial charge on any atom is -0.323 e. The average molecular weight is 338 g/mol. The van der Waals surface area contributed by atoms with Crippen LogP contribution in [0.25, 0.3) is 6.08 Å². The maximum absolute atomic E-state index is 12.0. The Balaban J connectivity index is 1.51. The molecular formula is C20H22N2OS. The highest BCUT2D eigenvalue weighted by atomic mass is 32.2. The lowest BCUT2D eigenvalue weighted by Gasteiger charge is -2.26. The molecule has 0 spiro atoms. The van der Waals surface area contributed by atoms with E-state index in [0.29, 0.717) is 0 Å². The van der Waals surface area contributed by atoms with Crippen LogP contribution in [-0.4, -0.2) is 35.4 Å². The van der Waals surface area contributed by atoms with Gasteiger partial charge < -0.3 is 5.32 Å². The molecule has 3 nitrogen and oxygen atoms in total. The summed E-state index contributed by atoms with van der Waals surface area (Å²) < 4.78 is 0. The summed E-state index contributed by atoms with van der Waals surface area (Å²) in [5.41, 5.74) is 3.14. The van der Waals surface area contributed by atoms with Gasteiger partial charge in [-0.2, -0.15) is 11.8 Å². The summed E-state index contributed by atoms with van der Waals surface area (Å²) in [5.74, 6) is 2.34. The Labute approximate surface area is 147 Å². The second-order valence-corrected chi connectivity index (χ2v) is 7.04. The fourth-order valence-electron chi connectivity index (χ4n) is 2.63. The first kappa shape index (κ1) is 16.8. The second-order valence-electron chi connectivity index (χ2n) is 5.82. The molecule has 2 aromatic carbocycles. The fraction of sp³-hybridized carbons (Fsp3) is 0.250. The number of hydrogen-bond acceptors (Lipinski definition) is 3. The van der Waals surface area contributed by atoms with Gasteiger partial charge in [-0.25, -0.2) is 0 Å². The molecule has 0 atom stereocenters. The molecule has 0 aliphatic carbocycles. The molecule has 0 aromatic heterocycles. The van der Waals surface area contributed by atoms with Gasteiger partial charge >= 0.3 is 0 Å². The quantitative estimate of drug-likeness (QED) is 0.840. The maximum atomic E-state index is 12.0. The van der Waals surface area contributed by atoms with Gasteiger partial charge in [-0.1, -0.05) is 42.5 Å². The third-order valence-electron chi connectivity index (χ3n) is 3.96. The zero-order valence-electron chi connectivity index (χ0n) is 13.7. The van der Waals surface area contributed by atoms with Crippen LogP contribution in [0.4, 0.5) is 5.69 Å². The van der Waals surface area contributed by atoms with Crippen molar-refractivity contribution in [3.8, 4) is 0 Å². The molecule has 24 heavy (non-hydrogen) atoms. The maximum Gasteiger partial charge on any atom is 0.248 e. The highest BCUT2D eigenvalue weighted by Crippen LogP contribution is 2.15. The summed E-state index contributed by atoms with van der Waals surface area (Å²) in [7, 11) is 0. The number of nitrogens with zero attached hydrogens (tertiary/aromatic N) is 1. The third-order valence-corrected chi connectivity index (χ3v) is 4.90. The van der Waals surface area contributed by atoms with E-state index in [-0.39, 0.29) is 5.91 Å². The molecule has 3 rings (SSSR count). The topological polar surface area (TPSA) is 32.3 Å². The zero-order valence-corrected chi connectivity index (χ0v) is 14.5. The summed E-state index contributed by atoms with van der Waals surface area (Å²) >= 11 is 2.03. The molecule has 1 amide bonds. The van der Waals surface area contributed by atoms with Crippen molar-refractivity contribution >= 4 is 29.4 Å². The van der Waals surface area contributed by atoms with E-state index in [1.165, 1.54) is 17.1 Å². The van der Waals surface area contributed by atoms with E-state index in [1.807, 2.05) is 60.3 Å². The largest absolute Gasteiger partial charge is 0.323 e. The summed E-state index contributed by atoms with van der Waals surface area (Å²) in [6, 6.07) is 18.0. The van der Waals surface area contributed by atoms with Gasteiger partial charge in [0.25, 0.3) is 0 Å². The van der Waals surface area contributed by atoms with Gasteiger partial charge in [0.2, 0.25) is 5.91 Å². The van der Waals surface area contributed by atoms with E-state index >= 15 is 0 Å². The van der Waals surface area contributed by atoms with Crippen molar-refractivity contribution in [1.29, 1.82) is 0 Å². The number of amides is 1. The predicted octanol–water partition coefficient (Wildman–Crippen LogP) is 3.89. The number of benzene rings is 2. The molecule has 0 unspecified atom stereocenters. The normalized spacial score (nSPS) is 15.5. The molecule has 0 saturated carbocycles. The molecule has 4 heteroatoms. The number of rotatable bonds is 5. The van der Waals surface area contributed by atoms with Crippen LogP contribution >= 0.6 is 11.8 Å². The highest BCUT2D eigenvalue weighted by molar-refractivity contribution is 7.99. The Bertz CT molecular complexity index is 677. The Morgan fingerprint density at radius 3 is 2.46 bits per heavy atom. The number of carbonyl (C=O) groups is 1. The van der Waals surface area contributed by atoms with Crippen LogP contribution in [0.5, 0.6) is 0 Å². The standard InChI is InChI=1S/C20H22N2OS/c23-20(11-8-17-4-2-1-3-5-17)21-19-9-6-18(7-10-19)16-22-12-14-24-15-13-22/h1-11H,12-16H2,(H,21,23)/b11-8+. The predicted molar refractivity (Wildman–Crippen MR) is 103 cm³/mol. The van der Waals surface area contributed by atoms with Crippen LogP contribution in [0, 0.1) is 0 Å². The van der Waals surface area contributed by atoms with E-state index in [0.717, 1.165) is 30.9 Å². The van der Waals surface area contributed by atoms with Crippen molar-refractivity contribution in [1.82, 2.24) is 4.90 Å². The minimum atomic E-state index is -0.111. The third kappa shape index (κ3) is 5.25. The van der Waals surface area contributed by atoms with Gasteiger partial charge in [-0.15, -0.1) is 0 Å². The highest BCUT2D eigenvalue weighted by Gasteiger charge is 2.10. The minimum absolute atomic E-state index is 0.111. The average Bonchev–Trinajstić information content (AvgIpc) is 2.63. The van der Waals surface area contributed by atoms with Crippen molar-refractivity contribution in [3.05, 3.63) is 71.8 Å². The first-order valence-electron chi connectivity index (χ1n) is 8.23. The Morgan fingerprint density at radius 1 is 1.04 bits per heavy atom. The molecule has 0 bridgehead atoms. The van der Waals surface area contributed by atoms with E-state index in [4.69, 9.17) is 0 Å². The molecule has 1 saturated heterocycles. The SMILES string of the molecule is O=C(/C=C/c1ccccc1)Nc1ccc(CN2CCSCC2)cc1. The lowest BCUT2D eigenvalue weighted by molar-refractivity contribution is -0.111. The van der Waals surface area contributed by atoms with Gasteiger partial charge in [0.1, 0.15) is 0 Å². The van der Waals surface area contributed by atoms with Crippen molar-refractivity contribution < 1.29 is 4.79 Å². The Kier molecular flexibility index (Phi) is 6.10. The molecule has 1 aliphatic heterocycles. The molecule has 1 N–H and O–H groups in total. The van der Waals surface area contributed by atoms with Crippen LogP contribution in [0.3, 0.4) is 0 Å². The van der Waals surface area contributed by atoms with Crippen molar-refractivity contribution in [2.24, 2.45) is 0 Å². The summed E-state index contributed by atoms with van der Waals surface area (Å²) in [5, 5.41) is 2.90. The smallest absolute Gasteiger partial charge is 0.248 e. The molecule has 0 radical (unpaired) electrons. The van der Waals surface area contributed by atoms with Crippen molar-refractivity contribution in [2.75, 3.05) is 29.9 Å². The van der Waals surface area contributed by atoms with Crippen LogP contribution in [-0.2, 0) is 11.3 Å². The van der Waals surface area contributed by atoms with E-state index in [2.05, 4.69) is 22.3 Å². The van der Waals surface area contributed by atoms with Gasteiger partial charge in [0, 0.05) is 42.9 Å². The van der Waals surface area contributed by atoms with Gasteiger partial charge in [0.05, 0.1) is 0 Å². The van der Waals surface area contributed by atoms with Crippen molar-refractivity contribution in [2.45, 2.75) is 6.54 Å². The zero-order chi connectivity index (χ0) is 16.6. The molecule has 1 heterocycles. The summed E-state index contributed by atoms with van der Waals surface area (Å²) in [6.45, 7) is 3.31. The first-order valence-corrected chi connectivity index (χ1v) is 9.38. The lowest BCUT2D eigenvalue weighted by atomic mass is 10.2. The van der Waals surface area contributed by atoms with E-state index < -0.39 is 0 Å². The Morgan fingerprint density at radius 2 is 1.75 bits per heavy atom. The van der Waals surface area contributed by atoms with Crippen LogP contribution < -0.4 is 5.32 Å². The summed E-state index contributed by atoms with van der Waals surface area (Å²) in [4.78, 5) is 14.5. The monoisotopic (exact) mass is 338 g/mol. The second kappa shape index (κ2) is 8.71. The number of anilines is 1.